The zero-order valence-corrected chi connectivity index (χ0v) is 11.9. The first-order valence-electron chi connectivity index (χ1n) is 6.01. The van der Waals surface area contributed by atoms with Crippen molar-refractivity contribution in [3.05, 3.63) is 46.2 Å². The van der Waals surface area contributed by atoms with Crippen molar-refractivity contribution in [1.82, 2.24) is 0 Å². The van der Waals surface area contributed by atoms with Crippen LogP contribution in [0.15, 0.2) is 40.6 Å². The SMILES string of the molecule is NCc1sccc1S(=O)(=O)N1CCc2ccccc21. The lowest BCUT2D eigenvalue weighted by molar-refractivity contribution is 0.591. The van der Waals surface area contributed by atoms with Crippen molar-refractivity contribution in [2.24, 2.45) is 5.73 Å². The number of fused-ring (bicyclic) bond motifs is 1. The third kappa shape index (κ3) is 1.96. The molecule has 4 nitrogen and oxygen atoms in total. The fraction of sp³-hybridized carbons (Fsp3) is 0.231. The molecule has 0 aliphatic carbocycles. The third-order valence-corrected chi connectivity index (χ3v) is 6.27. The van der Waals surface area contributed by atoms with Gasteiger partial charge >= 0.3 is 0 Å². The largest absolute Gasteiger partial charge is 0.326 e. The molecule has 1 aliphatic heterocycles. The van der Waals surface area contributed by atoms with E-state index in [4.69, 9.17) is 5.73 Å². The van der Waals surface area contributed by atoms with Crippen LogP contribution < -0.4 is 10.0 Å². The second kappa shape index (κ2) is 4.63. The van der Waals surface area contributed by atoms with Gasteiger partial charge in [0, 0.05) is 18.0 Å². The highest BCUT2D eigenvalue weighted by molar-refractivity contribution is 7.93. The van der Waals surface area contributed by atoms with E-state index in [0.29, 0.717) is 16.3 Å². The number of benzene rings is 1. The Hall–Kier alpha value is -1.37. The van der Waals surface area contributed by atoms with Gasteiger partial charge in [0.25, 0.3) is 10.0 Å². The molecule has 19 heavy (non-hydrogen) atoms. The first-order valence-corrected chi connectivity index (χ1v) is 8.33. The van der Waals surface area contributed by atoms with E-state index in [1.807, 2.05) is 24.3 Å². The summed E-state index contributed by atoms with van der Waals surface area (Å²) in [5.41, 5.74) is 7.48. The van der Waals surface area contributed by atoms with Crippen LogP contribution in [0.2, 0.25) is 0 Å². The lowest BCUT2D eigenvalue weighted by Gasteiger charge is -2.19. The first kappa shape index (κ1) is 12.7. The van der Waals surface area contributed by atoms with Crippen molar-refractivity contribution in [3.63, 3.8) is 0 Å². The lowest BCUT2D eigenvalue weighted by Crippen LogP contribution is -2.29. The van der Waals surface area contributed by atoms with Gasteiger partial charge in [-0.25, -0.2) is 8.42 Å². The van der Waals surface area contributed by atoms with Crippen LogP contribution in [0.3, 0.4) is 0 Å². The van der Waals surface area contributed by atoms with Gasteiger partial charge in [0.15, 0.2) is 0 Å². The van der Waals surface area contributed by atoms with Gasteiger partial charge in [-0.3, -0.25) is 4.31 Å². The molecule has 1 aliphatic rings. The average molecular weight is 294 g/mol. The number of hydrogen-bond acceptors (Lipinski definition) is 4. The Kier molecular flexibility index (Phi) is 3.08. The fourth-order valence-electron chi connectivity index (χ4n) is 2.38. The second-order valence-corrected chi connectivity index (χ2v) is 7.20. The molecule has 0 saturated heterocycles. The van der Waals surface area contributed by atoms with Gasteiger partial charge in [0.1, 0.15) is 4.90 Å². The molecular formula is C13H14N2O2S2. The summed E-state index contributed by atoms with van der Waals surface area (Å²) in [6.45, 7) is 0.753. The highest BCUT2D eigenvalue weighted by Crippen LogP contribution is 2.34. The smallest absolute Gasteiger partial charge is 0.265 e. The van der Waals surface area contributed by atoms with Gasteiger partial charge in [-0.1, -0.05) is 18.2 Å². The molecule has 1 aromatic heterocycles. The van der Waals surface area contributed by atoms with Crippen LogP contribution in [-0.4, -0.2) is 15.0 Å². The number of anilines is 1. The van der Waals surface area contributed by atoms with E-state index < -0.39 is 10.0 Å². The normalized spacial score (nSPS) is 14.7. The molecule has 0 fully saturated rings. The highest BCUT2D eigenvalue weighted by atomic mass is 32.2. The molecule has 2 N–H and O–H groups in total. The third-order valence-electron chi connectivity index (χ3n) is 3.30. The Bertz CT molecular complexity index is 707. The topological polar surface area (TPSA) is 63.4 Å². The van der Waals surface area contributed by atoms with Gasteiger partial charge in [0.05, 0.1) is 5.69 Å². The van der Waals surface area contributed by atoms with Crippen molar-refractivity contribution < 1.29 is 8.42 Å². The van der Waals surface area contributed by atoms with Crippen molar-refractivity contribution in [2.45, 2.75) is 17.9 Å². The van der Waals surface area contributed by atoms with Crippen LogP contribution in [0.4, 0.5) is 5.69 Å². The molecule has 0 spiro atoms. The summed E-state index contributed by atoms with van der Waals surface area (Å²) in [6.07, 6.45) is 0.761. The Labute approximate surface area is 116 Å². The van der Waals surface area contributed by atoms with E-state index in [2.05, 4.69) is 0 Å². The van der Waals surface area contributed by atoms with Crippen molar-refractivity contribution in [2.75, 3.05) is 10.8 Å². The number of hydrogen-bond donors (Lipinski definition) is 1. The molecule has 0 atom stereocenters. The maximum absolute atomic E-state index is 12.7. The van der Waals surface area contributed by atoms with Gasteiger partial charge in [-0.15, -0.1) is 11.3 Å². The predicted octanol–water partition coefficient (Wildman–Crippen LogP) is 1.96. The molecule has 3 rings (SSSR count). The number of para-hydroxylation sites is 1. The van der Waals surface area contributed by atoms with Crippen LogP contribution >= 0.6 is 11.3 Å². The van der Waals surface area contributed by atoms with Crippen LogP contribution in [0.1, 0.15) is 10.4 Å². The molecule has 0 saturated carbocycles. The Morgan fingerprint density at radius 1 is 1.26 bits per heavy atom. The monoisotopic (exact) mass is 294 g/mol. The fourth-order valence-corrected chi connectivity index (χ4v) is 5.20. The molecule has 2 heterocycles. The van der Waals surface area contributed by atoms with Gasteiger partial charge < -0.3 is 5.73 Å². The van der Waals surface area contributed by atoms with Crippen molar-refractivity contribution in [1.29, 1.82) is 0 Å². The van der Waals surface area contributed by atoms with E-state index >= 15 is 0 Å². The number of thiophene rings is 1. The summed E-state index contributed by atoms with van der Waals surface area (Å²) in [6, 6.07) is 9.27. The van der Waals surface area contributed by atoms with Gasteiger partial charge in [-0.05, 0) is 29.5 Å². The van der Waals surface area contributed by atoms with E-state index in [9.17, 15) is 8.42 Å². The Morgan fingerprint density at radius 3 is 2.84 bits per heavy atom. The Morgan fingerprint density at radius 2 is 2.05 bits per heavy atom. The summed E-state index contributed by atoms with van der Waals surface area (Å²) >= 11 is 1.39. The van der Waals surface area contributed by atoms with E-state index in [1.54, 1.807) is 11.4 Å². The number of sulfonamides is 1. The standard InChI is InChI=1S/C13H14N2O2S2/c14-9-12-13(6-8-18-12)19(16,17)15-7-5-10-3-1-2-4-11(10)15/h1-4,6,8H,5,7,9,14H2. The van der Waals surface area contributed by atoms with E-state index in [-0.39, 0.29) is 6.54 Å². The molecule has 1 aromatic carbocycles. The zero-order chi connectivity index (χ0) is 13.5. The summed E-state index contributed by atoms with van der Waals surface area (Å²) in [5, 5.41) is 1.77. The maximum Gasteiger partial charge on any atom is 0.265 e. The van der Waals surface area contributed by atoms with Gasteiger partial charge in [-0.2, -0.15) is 0 Å². The lowest BCUT2D eigenvalue weighted by atomic mass is 10.2. The Balaban J connectivity index is 2.08. The number of nitrogens with two attached hydrogens (primary N) is 1. The number of nitrogens with zero attached hydrogens (tertiary/aromatic N) is 1. The predicted molar refractivity (Wildman–Crippen MR) is 76.9 cm³/mol. The molecular weight excluding hydrogens is 280 g/mol. The van der Waals surface area contributed by atoms with E-state index in [1.165, 1.54) is 15.6 Å². The minimum Gasteiger partial charge on any atom is -0.326 e. The molecule has 0 unspecified atom stereocenters. The molecule has 0 bridgehead atoms. The van der Waals surface area contributed by atoms with Crippen LogP contribution in [0, 0.1) is 0 Å². The molecule has 100 valence electrons. The summed E-state index contributed by atoms with van der Waals surface area (Å²) in [4.78, 5) is 1.06. The summed E-state index contributed by atoms with van der Waals surface area (Å²) in [5.74, 6) is 0. The maximum atomic E-state index is 12.7. The molecule has 0 radical (unpaired) electrons. The quantitative estimate of drug-likeness (QED) is 0.941. The molecule has 2 aromatic rings. The average Bonchev–Trinajstić information content (AvgIpc) is 3.05. The minimum absolute atomic E-state index is 0.252. The second-order valence-electron chi connectivity index (χ2n) is 4.37. The van der Waals surface area contributed by atoms with Crippen molar-refractivity contribution >= 4 is 27.0 Å². The highest BCUT2D eigenvalue weighted by Gasteiger charge is 2.32. The zero-order valence-electron chi connectivity index (χ0n) is 10.2. The molecule has 0 amide bonds. The van der Waals surface area contributed by atoms with Crippen LogP contribution in [0.5, 0.6) is 0 Å². The summed E-state index contributed by atoms with van der Waals surface area (Å²) in [7, 11) is -3.49. The van der Waals surface area contributed by atoms with Gasteiger partial charge in [0.2, 0.25) is 0 Å². The van der Waals surface area contributed by atoms with E-state index in [0.717, 1.165) is 17.7 Å². The molecule has 6 heteroatoms. The van der Waals surface area contributed by atoms with Crippen LogP contribution in [0.25, 0.3) is 0 Å². The summed E-state index contributed by atoms with van der Waals surface area (Å²) < 4.78 is 26.9. The minimum atomic E-state index is -3.49. The van der Waals surface area contributed by atoms with Crippen molar-refractivity contribution in [3.8, 4) is 0 Å². The first-order chi connectivity index (χ1) is 9.14. The van der Waals surface area contributed by atoms with Crippen LogP contribution in [-0.2, 0) is 23.0 Å². The number of rotatable bonds is 3.